The van der Waals surface area contributed by atoms with E-state index in [1.807, 2.05) is 13.8 Å². The Morgan fingerprint density at radius 3 is 2.29 bits per heavy atom. The van der Waals surface area contributed by atoms with Crippen LogP contribution in [0, 0.1) is 5.92 Å². The molecule has 0 atom stereocenters. The minimum atomic E-state index is -4.69. The Hall–Kier alpha value is -1.90. The number of aryl methyl sites for hydroxylation is 1. The summed E-state index contributed by atoms with van der Waals surface area (Å²) in [5, 5.41) is 0.0362. The number of rotatable bonds is 5. The summed E-state index contributed by atoms with van der Waals surface area (Å²) in [6.45, 7) is 3.85. The number of thiophene rings is 1. The second kappa shape index (κ2) is 6.54. The van der Waals surface area contributed by atoms with Crippen LogP contribution in [0.4, 0.5) is 13.2 Å². The molecule has 0 aliphatic heterocycles. The van der Waals surface area contributed by atoms with Crippen LogP contribution >= 0.6 is 11.3 Å². The van der Waals surface area contributed by atoms with E-state index in [-0.39, 0.29) is 32.1 Å². The predicted octanol–water partition coefficient (Wildman–Crippen LogP) is 2.82. The van der Waals surface area contributed by atoms with Gasteiger partial charge in [-0.2, -0.15) is 13.2 Å². The van der Waals surface area contributed by atoms with Crippen LogP contribution in [-0.2, 0) is 19.5 Å². The third-order valence-corrected chi connectivity index (χ3v) is 4.71. The van der Waals surface area contributed by atoms with Gasteiger partial charge in [0.2, 0.25) is 0 Å². The van der Waals surface area contributed by atoms with E-state index in [2.05, 4.69) is 0 Å². The van der Waals surface area contributed by atoms with E-state index in [0.29, 0.717) is 18.3 Å². The smallest absolute Gasteiger partial charge is 0.297 e. The molecule has 0 unspecified atom stereocenters. The average Bonchev–Trinajstić information content (AvgIpc) is 2.85. The molecule has 0 saturated carbocycles. The highest BCUT2D eigenvalue weighted by atomic mass is 32.1. The normalized spacial score (nSPS) is 12.3. The Morgan fingerprint density at radius 2 is 1.83 bits per heavy atom. The standard InChI is InChI=1S/C15H17F3N2O3S/c1-4-9-10(6-21)24-13-11(9)12(22)20(7-15(16,17)18)14(23)19(13)5-8(2)3/h6,8H,4-5,7H2,1-3H3. The van der Waals surface area contributed by atoms with Crippen LogP contribution in [0.25, 0.3) is 10.2 Å². The summed E-state index contributed by atoms with van der Waals surface area (Å²) in [5.41, 5.74) is -1.60. The highest BCUT2D eigenvalue weighted by Crippen LogP contribution is 2.28. The Labute approximate surface area is 139 Å². The van der Waals surface area contributed by atoms with Gasteiger partial charge >= 0.3 is 11.9 Å². The molecule has 0 aliphatic rings. The maximum absolute atomic E-state index is 12.8. The molecule has 0 radical (unpaired) electrons. The van der Waals surface area contributed by atoms with Crippen molar-refractivity contribution in [1.29, 1.82) is 0 Å². The molecule has 0 aromatic carbocycles. The number of hydrogen-bond donors (Lipinski definition) is 0. The first-order chi connectivity index (χ1) is 11.1. The van der Waals surface area contributed by atoms with Gasteiger partial charge in [-0.05, 0) is 17.9 Å². The van der Waals surface area contributed by atoms with Crippen LogP contribution in [0.2, 0.25) is 0 Å². The summed E-state index contributed by atoms with van der Waals surface area (Å²) in [6.07, 6.45) is -3.81. The van der Waals surface area contributed by atoms with Crippen LogP contribution in [0.3, 0.4) is 0 Å². The molecule has 0 aliphatic carbocycles. The van der Waals surface area contributed by atoms with Crippen molar-refractivity contribution in [2.45, 2.75) is 46.5 Å². The Balaban J connectivity index is 2.96. The molecular formula is C15H17F3N2O3S. The van der Waals surface area contributed by atoms with Crippen LogP contribution in [-0.4, -0.2) is 21.6 Å². The van der Waals surface area contributed by atoms with Crippen molar-refractivity contribution in [2.24, 2.45) is 5.92 Å². The average molecular weight is 362 g/mol. The van der Waals surface area contributed by atoms with Gasteiger partial charge in [-0.15, -0.1) is 11.3 Å². The van der Waals surface area contributed by atoms with E-state index in [9.17, 15) is 27.6 Å². The molecule has 0 N–H and O–H groups in total. The molecular weight excluding hydrogens is 345 g/mol. The molecule has 2 aromatic rings. The van der Waals surface area contributed by atoms with Gasteiger partial charge in [-0.1, -0.05) is 20.8 Å². The van der Waals surface area contributed by atoms with Crippen molar-refractivity contribution >= 4 is 27.8 Å². The van der Waals surface area contributed by atoms with E-state index < -0.39 is 24.0 Å². The number of carbonyl (C=O) groups is 1. The van der Waals surface area contributed by atoms with Gasteiger partial charge in [0.15, 0.2) is 6.29 Å². The summed E-state index contributed by atoms with van der Waals surface area (Å²) in [7, 11) is 0. The van der Waals surface area contributed by atoms with Gasteiger partial charge in [-0.3, -0.25) is 18.7 Å². The first-order valence-electron chi connectivity index (χ1n) is 7.41. The maximum atomic E-state index is 12.8. The Morgan fingerprint density at radius 1 is 1.21 bits per heavy atom. The summed E-state index contributed by atoms with van der Waals surface area (Å²) >= 11 is 0.972. The molecule has 0 fully saturated rings. The number of aromatic nitrogens is 2. The third-order valence-electron chi connectivity index (χ3n) is 3.53. The number of alkyl halides is 3. The maximum Gasteiger partial charge on any atom is 0.406 e. The number of carbonyl (C=O) groups excluding carboxylic acids is 1. The van der Waals surface area contributed by atoms with Crippen molar-refractivity contribution in [2.75, 3.05) is 0 Å². The van der Waals surface area contributed by atoms with Gasteiger partial charge in [0.05, 0.1) is 10.3 Å². The van der Waals surface area contributed by atoms with Crippen molar-refractivity contribution in [1.82, 2.24) is 9.13 Å². The van der Waals surface area contributed by atoms with Crippen LogP contribution in [0.1, 0.15) is 36.0 Å². The van der Waals surface area contributed by atoms with E-state index in [0.717, 1.165) is 11.3 Å². The van der Waals surface area contributed by atoms with Gasteiger partial charge in [0.1, 0.15) is 11.4 Å². The molecule has 5 nitrogen and oxygen atoms in total. The minimum Gasteiger partial charge on any atom is -0.297 e. The van der Waals surface area contributed by atoms with Crippen molar-refractivity contribution in [3.63, 3.8) is 0 Å². The van der Waals surface area contributed by atoms with Crippen LogP contribution < -0.4 is 11.2 Å². The lowest BCUT2D eigenvalue weighted by atomic mass is 10.1. The lowest BCUT2D eigenvalue weighted by molar-refractivity contribution is -0.141. The molecule has 9 heteroatoms. The van der Waals surface area contributed by atoms with E-state index >= 15 is 0 Å². The van der Waals surface area contributed by atoms with Gasteiger partial charge in [0.25, 0.3) is 5.56 Å². The zero-order chi connectivity index (χ0) is 18.2. The molecule has 132 valence electrons. The zero-order valence-electron chi connectivity index (χ0n) is 13.4. The highest BCUT2D eigenvalue weighted by Gasteiger charge is 2.31. The summed E-state index contributed by atoms with van der Waals surface area (Å²) in [5.74, 6) is -0.0189. The van der Waals surface area contributed by atoms with Crippen molar-refractivity contribution in [3.8, 4) is 0 Å². The molecule has 0 saturated heterocycles. The fraction of sp³-hybridized carbons (Fsp3) is 0.533. The lowest BCUT2D eigenvalue weighted by Crippen LogP contribution is -2.43. The summed E-state index contributed by atoms with van der Waals surface area (Å²) in [4.78, 5) is 36.7. The van der Waals surface area contributed by atoms with Crippen molar-refractivity contribution < 1.29 is 18.0 Å². The predicted molar refractivity (Wildman–Crippen MR) is 86.0 cm³/mol. The second-order valence-corrected chi connectivity index (χ2v) is 6.92. The zero-order valence-corrected chi connectivity index (χ0v) is 14.3. The summed E-state index contributed by atoms with van der Waals surface area (Å²) in [6, 6.07) is 0. The molecule has 2 heterocycles. The number of aldehydes is 1. The van der Waals surface area contributed by atoms with Gasteiger partial charge < -0.3 is 0 Å². The quantitative estimate of drug-likeness (QED) is 0.769. The first kappa shape index (κ1) is 18.4. The third kappa shape index (κ3) is 3.31. The molecule has 0 bridgehead atoms. The van der Waals surface area contributed by atoms with E-state index in [1.54, 1.807) is 6.92 Å². The molecule has 2 rings (SSSR count). The van der Waals surface area contributed by atoms with Crippen molar-refractivity contribution in [3.05, 3.63) is 31.3 Å². The number of hydrogen-bond acceptors (Lipinski definition) is 4. The van der Waals surface area contributed by atoms with Gasteiger partial charge in [0, 0.05) is 6.54 Å². The lowest BCUT2D eigenvalue weighted by Gasteiger charge is -2.15. The monoisotopic (exact) mass is 362 g/mol. The topological polar surface area (TPSA) is 61.1 Å². The van der Waals surface area contributed by atoms with Crippen LogP contribution in [0.5, 0.6) is 0 Å². The Kier molecular flexibility index (Phi) is 5.03. The Bertz CT molecular complexity index is 890. The highest BCUT2D eigenvalue weighted by molar-refractivity contribution is 7.20. The number of nitrogens with zero attached hydrogens (tertiary/aromatic N) is 2. The second-order valence-electron chi connectivity index (χ2n) is 5.89. The molecule has 0 amide bonds. The summed E-state index contributed by atoms with van der Waals surface area (Å²) < 4.78 is 39.7. The molecule has 0 spiro atoms. The fourth-order valence-corrected chi connectivity index (χ4v) is 3.83. The SMILES string of the molecule is CCc1c(C=O)sc2c1c(=O)n(CC(F)(F)F)c(=O)n2CC(C)C. The first-order valence-corrected chi connectivity index (χ1v) is 8.23. The molecule has 2 aromatic heterocycles. The van der Waals surface area contributed by atoms with Gasteiger partial charge in [-0.25, -0.2) is 4.79 Å². The van der Waals surface area contributed by atoms with E-state index in [4.69, 9.17) is 0 Å². The fourth-order valence-electron chi connectivity index (χ4n) is 2.63. The number of fused-ring (bicyclic) bond motifs is 1. The number of halogens is 3. The van der Waals surface area contributed by atoms with Crippen LogP contribution in [0.15, 0.2) is 9.59 Å². The van der Waals surface area contributed by atoms with E-state index in [1.165, 1.54) is 4.57 Å². The molecule has 24 heavy (non-hydrogen) atoms. The largest absolute Gasteiger partial charge is 0.406 e. The minimum absolute atomic E-state index is 0.0189.